The highest BCUT2D eigenvalue weighted by molar-refractivity contribution is 6.37. The Bertz CT molecular complexity index is 1200. The number of benzene rings is 1. The van der Waals surface area contributed by atoms with Gasteiger partial charge in [0.05, 0.1) is 6.26 Å². The maximum absolute atomic E-state index is 13.6. The van der Waals surface area contributed by atoms with Crippen molar-refractivity contribution in [1.29, 1.82) is 0 Å². The second-order valence-electron chi connectivity index (χ2n) is 5.86. The molecule has 0 fully saturated rings. The van der Waals surface area contributed by atoms with E-state index in [4.69, 9.17) is 27.6 Å². The molecule has 1 aromatic carbocycles. The van der Waals surface area contributed by atoms with Gasteiger partial charge in [-0.2, -0.15) is 18.3 Å². The number of alkyl halides is 3. The molecular formula is C18H9Cl2F3N4O2. The number of carbonyl (C=O) groups is 1. The Hall–Kier alpha value is -3.04. The van der Waals surface area contributed by atoms with Gasteiger partial charge in [-0.1, -0.05) is 23.2 Å². The minimum atomic E-state index is -4.78. The molecule has 4 aromatic rings. The maximum atomic E-state index is 13.6. The summed E-state index contributed by atoms with van der Waals surface area (Å²) in [6.45, 7) is 0. The van der Waals surface area contributed by atoms with Crippen LogP contribution in [0.25, 0.3) is 17.1 Å². The lowest BCUT2D eigenvalue weighted by Crippen LogP contribution is -2.15. The van der Waals surface area contributed by atoms with E-state index in [1.165, 1.54) is 30.5 Å². The molecule has 1 N–H and O–H groups in total. The molecular weight excluding hydrogens is 432 g/mol. The second-order valence-corrected chi connectivity index (χ2v) is 6.68. The largest absolute Gasteiger partial charge is 0.463 e. The van der Waals surface area contributed by atoms with Crippen molar-refractivity contribution in [3.8, 4) is 11.5 Å². The van der Waals surface area contributed by atoms with Crippen LogP contribution >= 0.6 is 23.2 Å². The summed E-state index contributed by atoms with van der Waals surface area (Å²) in [5.41, 5.74) is -1.61. The third kappa shape index (κ3) is 3.66. The molecule has 0 unspecified atom stereocenters. The first kappa shape index (κ1) is 19.3. The Balaban J connectivity index is 1.83. The van der Waals surface area contributed by atoms with E-state index >= 15 is 0 Å². The van der Waals surface area contributed by atoms with E-state index in [-0.39, 0.29) is 22.1 Å². The van der Waals surface area contributed by atoms with E-state index in [0.29, 0.717) is 15.2 Å². The average Bonchev–Trinajstić information content (AvgIpc) is 3.31. The summed E-state index contributed by atoms with van der Waals surface area (Å²) in [5, 5.41) is 6.38. The van der Waals surface area contributed by atoms with Gasteiger partial charge in [-0.25, -0.2) is 9.50 Å². The molecule has 11 heteroatoms. The summed E-state index contributed by atoms with van der Waals surface area (Å²) in [4.78, 5) is 16.6. The first-order valence-corrected chi connectivity index (χ1v) is 8.77. The highest BCUT2D eigenvalue weighted by Gasteiger charge is 2.37. The molecule has 0 saturated heterocycles. The molecule has 3 aromatic heterocycles. The number of carbonyl (C=O) groups excluding carboxylic acids is 1. The van der Waals surface area contributed by atoms with Crippen LogP contribution in [-0.4, -0.2) is 20.5 Å². The minimum Gasteiger partial charge on any atom is -0.463 e. The summed E-state index contributed by atoms with van der Waals surface area (Å²) in [6, 6.07) is 9.88. The quantitative estimate of drug-likeness (QED) is 0.452. The highest BCUT2D eigenvalue weighted by atomic mass is 35.5. The molecule has 0 aliphatic rings. The third-order valence-corrected chi connectivity index (χ3v) is 4.51. The summed E-state index contributed by atoms with van der Waals surface area (Å²) in [7, 11) is 0. The number of amides is 1. The van der Waals surface area contributed by atoms with Crippen molar-refractivity contribution in [2.45, 2.75) is 6.18 Å². The molecule has 3 heterocycles. The summed E-state index contributed by atoms with van der Waals surface area (Å²) >= 11 is 12.0. The van der Waals surface area contributed by atoms with E-state index < -0.39 is 23.5 Å². The van der Waals surface area contributed by atoms with Crippen LogP contribution in [0.15, 0.2) is 53.1 Å². The van der Waals surface area contributed by atoms with Gasteiger partial charge >= 0.3 is 6.18 Å². The van der Waals surface area contributed by atoms with E-state index in [0.717, 1.165) is 6.07 Å². The maximum Gasteiger partial charge on any atom is 0.433 e. The van der Waals surface area contributed by atoms with E-state index in [9.17, 15) is 18.0 Å². The number of fused-ring (bicyclic) bond motifs is 1. The number of halogens is 5. The van der Waals surface area contributed by atoms with Crippen LogP contribution in [0, 0.1) is 0 Å². The lowest BCUT2D eigenvalue weighted by molar-refractivity contribution is -0.142. The zero-order valence-corrected chi connectivity index (χ0v) is 15.7. The van der Waals surface area contributed by atoms with Gasteiger partial charge in [-0.05, 0) is 42.5 Å². The molecule has 0 saturated carbocycles. The van der Waals surface area contributed by atoms with E-state index in [2.05, 4.69) is 15.4 Å². The predicted octanol–water partition coefficient (Wildman–Crippen LogP) is 5.57. The Morgan fingerprint density at radius 3 is 2.48 bits per heavy atom. The summed E-state index contributed by atoms with van der Waals surface area (Å²) in [6.07, 6.45) is -3.47. The van der Waals surface area contributed by atoms with Gasteiger partial charge in [0.25, 0.3) is 5.91 Å². The third-order valence-electron chi connectivity index (χ3n) is 3.91. The van der Waals surface area contributed by atoms with E-state index in [1.54, 1.807) is 12.1 Å². The van der Waals surface area contributed by atoms with Crippen LogP contribution in [0.1, 0.15) is 16.2 Å². The van der Waals surface area contributed by atoms with Crippen LogP contribution in [0.2, 0.25) is 10.0 Å². The van der Waals surface area contributed by atoms with Gasteiger partial charge in [0.15, 0.2) is 22.8 Å². The van der Waals surface area contributed by atoms with Gasteiger partial charge in [-0.15, -0.1) is 0 Å². The fourth-order valence-electron chi connectivity index (χ4n) is 2.61. The molecule has 0 aliphatic heterocycles. The lowest BCUT2D eigenvalue weighted by atomic mass is 10.2. The molecule has 29 heavy (non-hydrogen) atoms. The average molecular weight is 441 g/mol. The molecule has 4 rings (SSSR count). The van der Waals surface area contributed by atoms with Crippen LogP contribution < -0.4 is 5.32 Å². The normalized spacial score (nSPS) is 11.8. The number of nitrogens with zero attached hydrogens (tertiary/aromatic N) is 3. The molecule has 0 radical (unpaired) electrons. The van der Waals surface area contributed by atoms with Crippen LogP contribution in [0.4, 0.5) is 18.9 Å². The number of furan rings is 1. The van der Waals surface area contributed by atoms with Crippen molar-refractivity contribution in [3.05, 3.63) is 70.2 Å². The van der Waals surface area contributed by atoms with E-state index in [1.807, 2.05) is 0 Å². The molecule has 0 bridgehead atoms. The number of hydrogen-bond acceptors (Lipinski definition) is 4. The highest BCUT2D eigenvalue weighted by Crippen LogP contribution is 2.34. The van der Waals surface area contributed by atoms with Gasteiger partial charge in [0.1, 0.15) is 10.7 Å². The van der Waals surface area contributed by atoms with Crippen molar-refractivity contribution >= 4 is 40.4 Å². The van der Waals surface area contributed by atoms with Crippen molar-refractivity contribution in [3.63, 3.8) is 0 Å². The smallest absolute Gasteiger partial charge is 0.433 e. The zero-order chi connectivity index (χ0) is 20.8. The molecule has 1 amide bonds. The Labute approximate surface area is 170 Å². The van der Waals surface area contributed by atoms with Crippen molar-refractivity contribution in [2.24, 2.45) is 0 Å². The first-order valence-electron chi connectivity index (χ1n) is 8.01. The lowest BCUT2D eigenvalue weighted by Gasteiger charge is -2.09. The van der Waals surface area contributed by atoms with Gasteiger partial charge in [0.2, 0.25) is 0 Å². The fourth-order valence-corrected chi connectivity index (χ4v) is 2.98. The van der Waals surface area contributed by atoms with Crippen molar-refractivity contribution < 1.29 is 22.4 Å². The molecule has 6 nitrogen and oxygen atoms in total. The van der Waals surface area contributed by atoms with Gasteiger partial charge in [-0.3, -0.25) is 4.79 Å². The second kappa shape index (κ2) is 7.09. The number of hydrogen-bond donors (Lipinski definition) is 1. The zero-order valence-electron chi connectivity index (χ0n) is 14.2. The Morgan fingerprint density at radius 2 is 1.86 bits per heavy atom. The Morgan fingerprint density at radius 1 is 1.14 bits per heavy atom. The minimum absolute atomic E-state index is 0.0960. The fraction of sp³-hybridized carbons (Fsp3) is 0.0556. The summed E-state index contributed by atoms with van der Waals surface area (Å²) < 4.78 is 46.4. The van der Waals surface area contributed by atoms with Crippen LogP contribution in [-0.2, 0) is 6.18 Å². The van der Waals surface area contributed by atoms with Crippen molar-refractivity contribution in [2.75, 3.05) is 5.32 Å². The standard InChI is InChI=1S/C18H9Cl2F3N4O2/c19-9-3-5-10(6-4-9)24-17(28)15-14(20)16-25-11(12-2-1-7-29-12)8-13(18(21,22)23)27(16)26-15/h1-8H,(H,24,28). The predicted molar refractivity (Wildman–Crippen MR) is 100 cm³/mol. The molecule has 0 spiro atoms. The first-order chi connectivity index (χ1) is 13.7. The molecule has 0 atom stereocenters. The topological polar surface area (TPSA) is 72.4 Å². The Kier molecular flexibility index (Phi) is 4.71. The van der Waals surface area contributed by atoms with Gasteiger partial charge < -0.3 is 9.73 Å². The summed E-state index contributed by atoms with van der Waals surface area (Å²) in [5.74, 6) is -0.682. The molecule has 0 aliphatic carbocycles. The number of rotatable bonds is 3. The number of aromatic nitrogens is 3. The van der Waals surface area contributed by atoms with Gasteiger partial charge in [0, 0.05) is 10.7 Å². The number of nitrogens with one attached hydrogen (secondary N) is 1. The van der Waals surface area contributed by atoms with Crippen molar-refractivity contribution in [1.82, 2.24) is 14.6 Å². The van der Waals surface area contributed by atoms with Crippen LogP contribution in [0.3, 0.4) is 0 Å². The van der Waals surface area contributed by atoms with Crippen LogP contribution in [0.5, 0.6) is 0 Å². The molecule has 148 valence electrons. The number of anilines is 1. The SMILES string of the molecule is O=C(Nc1ccc(Cl)cc1)c1nn2c(C(F)(F)F)cc(-c3ccco3)nc2c1Cl. The monoisotopic (exact) mass is 440 g/mol.